The van der Waals surface area contributed by atoms with Crippen molar-refractivity contribution in [2.45, 2.75) is 33.2 Å². The number of nitrogens with one attached hydrogen (secondary N) is 1. The molecule has 0 aliphatic carbocycles. The maximum atomic E-state index is 12.4. The number of halogens is 1. The van der Waals surface area contributed by atoms with Crippen molar-refractivity contribution in [2.24, 2.45) is 5.84 Å². The van der Waals surface area contributed by atoms with Crippen LogP contribution in [0, 0.1) is 0 Å². The first-order chi connectivity index (χ1) is 8.53. The number of rotatable bonds is 5. The van der Waals surface area contributed by atoms with E-state index in [0.29, 0.717) is 17.9 Å². The molecule has 18 heavy (non-hydrogen) atoms. The zero-order valence-corrected chi connectivity index (χ0v) is 11.7. The topological polar surface area (TPSA) is 71.2 Å². The monoisotopic (exact) mass is 270 g/mol. The molecule has 0 aliphatic heterocycles. The van der Waals surface area contributed by atoms with Crippen LogP contribution in [0.3, 0.4) is 0 Å². The molecule has 1 aromatic rings. The molecule has 0 saturated heterocycles. The minimum atomic E-state index is -0.0624. The second kappa shape index (κ2) is 6.56. The van der Waals surface area contributed by atoms with Crippen molar-refractivity contribution >= 4 is 23.3 Å². The summed E-state index contributed by atoms with van der Waals surface area (Å²) in [6.45, 7) is 6.67. The summed E-state index contributed by atoms with van der Waals surface area (Å²) in [5, 5.41) is 0.244. The number of carbonyl (C=O) groups excluding carboxylic acids is 1. The molecule has 1 atom stereocenters. The van der Waals surface area contributed by atoms with E-state index in [-0.39, 0.29) is 17.1 Å². The summed E-state index contributed by atoms with van der Waals surface area (Å²) in [5.74, 6) is 5.60. The van der Waals surface area contributed by atoms with Crippen LogP contribution in [0.1, 0.15) is 37.6 Å². The molecule has 0 aliphatic rings. The van der Waals surface area contributed by atoms with Crippen LogP contribution in [0.5, 0.6) is 0 Å². The number of carbonyl (C=O) groups is 1. The van der Waals surface area contributed by atoms with Gasteiger partial charge in [-0.3, -0.25) is 4.79 Å². The van der Waals surface area contributed by atoms with Gasteiger partial charge in [-0.05, 0) is 32.4 Å². The van der Waals surface area contributed by atoms with E-state index in [0.717, 1.165) is 6.42 Å². The van der Waals surface area contributed by atoms with Gasteiger partial charge in [0.15, 0.2) is 0 Å². The van der Waals surface area contributed by atoms with E-state index in [1.165, 1.54) is 0 Å². The Kier molecular flexibility index (Phi) is 5.37. The molecule has 100 valence electrons. The number of nitrogen functional groups attached to an aromatic ring is 1. The third-order valence-corrected chi connectivity index (χ3v) is 3.11. The number of nitrogens with zero attached hydrogens (tertiary/aromatic N) is 2. The molecule has 1 heterocycles. The molecule has 1 aromatic heterocycles. The fourth-order valence-corrected chi connectivity index (χ4v) is 1.94. The summed E-state index contributed by atoms with van der Waals surface area (Å²) in [4.78, 5) is 18.1. The lowest BCUT2D eigenvalue weighted by Gasteiger charge is -2.27. The maximum Gasteiger partial charge on any atom is 0.254 e. The lowest BCUT2D eigenvalue weighted by Crippen LogP contribution is -2.38. The molecule has 1 amide bonds. The number of aromatic nitrogens is 1. The van der Waals surface area contributed by atoms with Crippen molar-refractivity contribution < 1.29 is 4.79 Å². The number of anilines is 1. The number of hydrogen-bond donors (Lipinski definition) is 2. The molecule has 0 aromatic carbocycles. The predicted octanol–water partition coefficient (Wildman–Crippen LogP) is 2.28. The van der Waals surface area contributed by atoms with Crippen molar-refractivity contribution in [3.63, 3.8) is 0 Å². The molecule has 6 heteroatoms. The smallest absolute Gasteiger partial charge is 0.254 e. The summed E-state index contributed by atoms with van der Waals surface area (Å²) in [6, 6.07) is 3.33. The lowest BCUT2D eigenvalue weighted by atomic mass is 10.1. The minimum absolute atomic E-state index is 0.0624. The van der Waals surface area contributed by atoms with Gasteiger partial charge in [0.1, 0.15) is 11.0 Å². The highest BCUT2D eigenvalue weighted by Crippen LogP contribution is 2.17. The fraction of sp³-hybridized carbons (Fsp3) is 0.500. The Morgan fingerprint density at radius 1 is 1.56 bits per heavy atom. The summed E-state index contributed by atoms with van der Waals surface area (Å²) in [5.41, 5.74) is 2.89. The van der Waals surface area contributed by atoms with Crippen molar-refractivity contribution in [1.29, 1.82) is 0 Å². The van der Waals surface area contributed by atoms with E-state index in [4.69, 9.17) is 17.4 Å². The van der Waals surface area contributed by atoms with Crippen molar-refractivity contribution in [3.8, 4) is 0 Å². The van der Waals surface area contributed by atoms with E-state index in [1.54, 1.807) is 17.0 Å². The molecule has 0 saturated carbocycles. The Bertz CT molecular complexity index is 425. The van der Waals surface area contributed by atoms with E-state index in [9.17, 15) is 4.79 Å². The van der Waals surface area contributed by atoms with Crippen LogP contribution in [0.2, 0.25) is 5.15 Å². The van der Waals surface area contributed by atoms with Crippen molar-refractivity contribution in [1.82, 2.24) is 9.88 Å². The second-order valence-corrected chi connectivity index (χ2v) is 4.44. The molecular formula is C12H19ClN4O. The number of nitrogens with two attached hydrogens (primary N) is 1. The molecule has 3 N–H and O–H groups in total. The molecular weight excluding hydrogens is 252 g/mol. The third kappa shape index (κ3) is 3.34. The van der Waals surface area contributed by atoms with E-state index >= 15 is 0 Å². The third-order valence-electron chi connectivity index (χ3n) is 2.91. The van der Waals surface area contributed by atoms with Gasteiger partial charge in [0, 0.05) is 18.2 Å². The van der Waals surface area contributed by atoms with Crippen molar-refractivity contribution in [2.75, 3.05) is 12.0 Å². The molecule has 0 fully saturated rings. The predicted molar refractivity (Wildman–Crippen MR) is 73.5 cm³/mol. The van der Waals surface area contributed by atoms with E-state index in [2.05, 4.69) is 10.4 Å². The molecule has 0 radical (unpaired) electrons. The zero-order valence-electron chi connectivity index (χ0n) is 10.9. The van der Waals surface area contributed by atoms with Gasteiger partial charge in [-0.15, -0.1) is 0 Å². The van der Waals surface area contributed by atoms with E-state index < -0.39 is 0 Å². The SMILES string of the molecule is CCC(C)N(CC)C(=O)c1cc(Cl)nc(NN)c1. The standard InChI is InChI=1S/C12H19ClN4O/c1-4-8(3)17(5-2)12(18)9-6-10(13)15-11(7-9)16-14/h6-8H,4-5,14H2,1-3H3,(H,15,16). The summed E-state index contributed by atoms with van der Waals surface area (Å²) < 4.78 is 0. The Hall–Kier alpha value is -1.33. The molecule has 0 bridgehead atoms. The minimum Gasteiger partial charge on any atom is -0.336 e. The highest BCUT2D eigenvalue weighted by atomic mass is 35.5. The zero-order chi connectivity index (χ0) is 13.7. The number of pyridine rings is 1. The van der Waals surface area contributed by atoms with Gasteiger partial charge in [-0.1, -0.05) is 18.5 Å². The average Bonchev–Trinajstić information content (AvgIpc) is 2.38. The van der Waals surface area contributed by atoms with Gasteiger partial charge in [-0.2, -0.15) is 0 Å². The van der Waals surface area contributed by atoms with Gasteiger partial charge in [0.05, 0.1) is 0 Å². The Morgan fingerprint density at radius 3 is 2.72 bits per heavy atom. The van der Waals surface area contributed by atoms with Crippen molar-refractivity contribution in [3.05, 3.63) is 22.8 Å². The van der Waals surface area contributed by atoms with Gasteiger partial charge in [0.25, 0.3) is 5.91 Å². The van der Waals surface area contributed by atoms with Gasteiger partial charge in [-0.25, -0.2) is 10.8 Å². The Morgan fingerprint density at radius 2 is 2.22 bits per heavy atom. The Labute approximate surface area is 112 Å². The number of hydrazine groups is 1. The van der Waals surface area contributed by atoms with Crippen LogP contribution in [-0.2, 0) is 0 Å². The van der Waals surface area contributed by atoms with Crippen LogP contribution < -0.4 is 11.3 Å². The van der Waals surface area contributed by atoms with Gasteiger partial charge >= 0.3 is 0 Å². The lowest BCUT2D eigenvalue weighted by molar-refractivity contribution is 0.0700. The second-order valence-electron chi connectivity index (χ2n) is 4.06. The average molecular weight is 271 g/mol. The summed E-state index contributed by atoms with van der Waals surface area (Å²) >= 11 is 5.86. The largest absolute Gasteiger partial charge is 0.336 e. The van der Waals surface area contributed by atoms with Crippen LogP contribution >= 0.6 is 11.6 Å². The molecule has 5 nitrogen and oxygen atoms in total. The first-order valence-electron chi connectivity index (χ1n) is 5.98. The quantitative estimate of drug-likeness (QED) is 0.489. The van der Waals surface area contributed by atoms with E-state index in [1.807, 2.05) is 20.8 Å². The molecule has 1 unspecified atom stereocenters. The summed E-state index contributed by atoms with van der Waals surface area (Å²) in [6.07, 6.45) is 0.903. The van der Waals surface area contributed by atoms with Crippen LogP contribution in [0.15, 0.2) is 12.1 Å². The molecule has 0 spiro atoms. The normalized spacial score (nSPS) is 12.1. The van der Waals surface area contributed by atoms with Crippen LogP contribution in [0.25, 0.3) is 0 Å². The first kappa shape index (κ1) is 14.7. The number of hydrogen-bond acceptors (Lipinski definition) is 4. The van der Waals surface area contributed by atoms with Gasteiger partial charge < -0.3 is 10.3 Å². The van der Waals surface area contributed by atoms with Crippen LogP contribution in [-0.4, -0.2) is 28.4 Å². The number of amides is 1. The molecule has 1 rings (SSSR count). The maximum absolute atomic E-state index is 12.4. The fourth-order valence-electron chi connectivity index (χ4n) is 1.74. The first-order valence-corrected chi connectivity index (χ1v) is 6.36. The van der Waals surface area contributed by atoms with Gasteiger partial charge in [0.2, 0.25) is 0 Å². The summed E-state index contributed by atoms with van der Waals surface area (Å²) in [7, 11) is 0. The Balaban J connectivity index is 3.05. The van der Waals surface area contributed by atoms with Crippen LogP contribution in [0.4, 0.5) is 5.82 Å². The highest BCUT2D eigenvalue weighted by Gasteiger charge is 2.19. The highest BCUT2D eigenvalue weighted by molar-refractivity contribution is 6.29.